The second-order valence-electron chi connectivity index (χ2n) is 9.66. The summed E-state index contributed by atoms with van der Waals surface area (Å²) in [4.78, 5) is 13.8. The maximum Gasteiger partial charge on any atom is 0.297 e. The fraction of sp³-hybridized carbons (Fsp3) is 0.138. The molecule has 0 radical (unpaired) electrons. The first-order chi connectivity index (χ1) is 21.3. The van der Waals surface area contributed by atoms with Crippen LogP contribution in [-0.2, 0) is 20.0 Å². The highest BCUT2D eigenvalue weighted by molar-refractivity contribution is 7.93. The lowest BCUT2D eigenvalue weighted by Gasteiger charge is -2.19. The Morgan fingerprint density at radius 2 is 1.47 bits per heavy atom. The summed E-state index contributed by atoms with van der Waals surface area (Å²) in [6, 6.07) is 18.4. The van der Waals surface area contributed by atoms with Gasteiger partial charge in [-0.25, -0.2) is 21.5 Å². The van der Waals surface area contributed by atoms with Gasteiger partial charge in [-0.1, -0.05) is 96.6 Å². The molecule has 0 spiro atoms. The quantitative estimate of drug-likeness (QED) is 0.136. The molecule has 236 valence electrons. The van der Waals surface area contributed by atoms with Crippen LogP contribution in [0.4, 0.5) is 17.2 Å². The van der Waals surface area contributed by atoms with Crippen LogP contribution in [-0.4, -0.2) is 44.0 Å². The van der Waals surface area contributed by atoms with Gasteiger partial charge in [0, 0.05) is 23.5 Å². The number of aromatic amines is 1. The van der Waals surface area contributed by atoms with Crippen LogP contribution < -0.4 is 15.6 Å². The Hall–Kier alpha value is -3.23. The van der Waals surface area contributed by atoms with Crippen LogP contribution in [0.2, 0.25) is 20.1 Å². The van der Waals surface area contributed by atoms with Gasteiger partial charge in [-0.3, -0.25) is 14.6 Å². The van der Waals surface area contributed by atoms with Gasteiger partial charge in [0.25, 0.3) is 15.6 Å². The number of sulfonamides is 2. The van der Waals surface area contributed by atoms with E-state index in [4.69, 9.17) is 46.4 Å². The van der Waals surface area contributed by atoms with Crippen molar-refractivity contribution in [3.63, 3.8) is 0 Å². The van der Waals surface area contributed by atoms with E-state index in [1.54, 1.807) is 50.2 Å². The van der Waals surface area contributed by atoms with E-state index >= 15 is 0 Å². The first-order valence-corrected chi connectivity index (χ1v) is 17.8. The number of nitrogens with one attached hydrogen (secondary N) is 3. The average Bonchev–Trinajstić information content (AvgIpc) is 3.27. The van der Waals surface area contributed by atoms with E-state index in [1.807, 2.05) is 0 Å². The first kappa shape index (κ1) is 33.1. The fourth-order valence-electron chi connectivity index (χ4n) is 4.76. The van der Waals surface area contributed by atoms with Crippen LogP contribution in [0.5, 0.6) is 0 Å². The zero-order chi connectivity index (χ0) is 32.7. The minimum atomic E-state index is -4.38. The number of H-pyrrole nitrogens is 1. The molecule has 1 aromatic heterocycles. The second kappa shape index (κ2) is 12.9. The van der Waals surface area contributed by atoms with Crippen molar-refractivity contribution in [2.75, 3.05) is 23.1 Å². The van der Waals surface area contributed by atoms with Gasteiger partial charge < -0.3 is 5.32 Å². The van der Waals surface area contributed by atoms with Gasteiger partial charge in [-0.2, -0.15) is 4.31 Å². The third-order valence-electron chi connectivity index (χ3n) is 6.91. The summed E-state index contributed by atoms with van der Waals surface area (Å²) in [5.41, 5.74) is -1.26. The lowest BCUT2D eigenvalue weighted by molar-refractivity contribution is 0.445. The molecule has 45 heavy (non-hydrogen) atoms. The molecule has 3 N–H and O–H groups in total. The Balaban J connectivity index is 1.69. The normalized spacial score (nSPS) is 12.2. The lowest BCUT2D eigenvalue weighted by Crippen LogP contribution is -2.30. The largest absolute Gasteiger partial charge is 0.338 e. The van der Waals surface area contributed by atoms with Crippen LogP contribution >= 0.6 is 46.4 Å². The van der Waals surface area contributed by atoms with Gasteiger partial charge in [-0.15, -0.1) is 0 Å². The molecule has 1 heterocycles. The minimum Gasteiger partial charge on any atom is -0.338 e. The van der Waals surface area contributed by atoms with Crippen molar-refractivity contribution >= 4 is 94.4 Å². The van der Waals surface area contributed by atoms with Gasteiger partial charge in [0.05, 0.1) is 30.5 Å². The van der Waals surface area contributed by atoms with Crippen LogP contribution in [0.1, 0.15) is 13.8 Å². The standard InChI is InChI=1S/C29H25Cl4N5O5S2/c1-3-37(4-2)45(42,43)19-12-13-21(31)24(16-19)34-28-26(29(39)38(35-28)27-22(32)14-18(30)15-23(27)33)36-44(40,41)25-11-7-9-17-8-5-6-10-20(17)25/h5-16,34-36H,3-4H2,1-2H3. The van der Waals surface area contributed by atoms with Crippen LogP contribution in [0.15, 0.2) is 87.4 Å². The Kier molecular flexibility index (Phi) is 9.48. The highest BCUT2D eigenvalue weighted by Gasteiger charge is 2.27. The topological polar surface area (TPSA) is 133 Å². The third-order valence-corrected chi connectivity index (χ3v) is 11.5. The Morgan fingerprint density at radius 3 is 2.13 bits per heavy atom. The average molecular weight is 729 g/mol. The van der Waals surface area contributed by atoms with Gasteiger partial charge in [0.1, 0.15) is 5.69 Å². The molecule has 4 aromatic carbocycles. The van der Waals surface area contributed by atoms with E-state index in [-0.39, 0.29) is 60.2 Å². The van der Waals surface area contributed by atoms with Crippen molar-refractivity contribution in [3.8, 4) is 5.69 Å². The van der Waals surface area contributed by atoms with Crippen molar-refractivity contribution < 1.29 is 16.8 Å². The molecule has 16 heteroatoms. The lowest BCUT2D eigenvalue weighted by atomic mass is 10.1. The molecule has 0 unspecified atom stereocenters. The molecule has 0 fully saturated rings. The highest BCUT2D eigenvalue weighted by Crippen LogP contribution is 2.35. The van der Waals surface area contributed by atoms with E-state index < -0.39 is 31.3 Å². The number of benzene rings is 4. The number of halogens is 4. The summed E-state index contributed by atoms with van der Waals surface area (Å²) in [5, 5.41) is 7.08. The third kappa shape index (κ3) is 6.41. The number of anilines is 3. The second-order valence-corrected chi connectivity index (χ2v) is 14.9. The summed E-state index contributed by atoms with van der Waals surface area (Å²) in [6.45, 7) is 3.90. The van der Waals surface area contributed by atoms with Crippen LogP contribution in [0.3, 0.4) is 0 Å². The van der Waals surface area contributed by atoms with Gasteiger partial charge >= 0.3 is 0 Å². The summed E-state index contributed by atoms with van der Waals surface area (Å²) in [5.74, 6) is -0.176. The molecule has 10 nitrogen and oxygen atoms in total. The van der Waals surface area contributed by atoms with Crippen molar-refractivity contribution in [1.82, 2.24) is 14.1 Å². The molecule has 0 saturated heterocycles. The monoisotopic (exact) mass is 727 g/mol. The predicted octanol–water partition coefficient (Wildman–Crippen LogP) is 7.51. The van der Waals surface area contributed by atoms with Crippen molar-refractivity contribution in [2.24, 2.45) is 0 Å². The number of rotatable bonds is 10. The van der Waals surface area contributed by atoms with Gasteiger partial charge in [-0.05, 0) is 41.8 Å². The SMILES string of the molecule is CCN(CC)S(=O)(=O)c1ccc(Cl)c(Nc2[nH]n(-c3c(Cl)cc(Cl)cc3Cl)c(=O)c2NS(=O)(=O)c2cccc3ccccc23)c1. The summed E-state index contributed by atoms with van der Waals surface area (Å²) >= 11 is 25.3. The molecular weight excluding hydrogens is 704 g/mol. The first-order valence-electron chi connectivity index (χ1n) is 13.4. The van der Waals surface area contributed by atoms with Crippen molar-refractivity contribution in [2.45, 2.75) is 23.6 Å². The van der Waals surface area contributed by atoms with E-state index in [1.165, 1.54) is 40.7 Å². The predicted molar refractivity (Wildman–Crippen MR) is 181 cm³/mol. The zero-order valence-corrected chi connectivity index (χ0v) is 28.3. The van der Waals surface area contributed by atoms with Crippen LogP contribution in [0, 0.1) is 0 Å². The number of aromatic nitrogens is 2. The number of fused-ring (bicyclic) bond motifs is 1. The summed E-state index contributed by atoms with van der Waals surface area (Å²) < 4.78 is 58.7. The number of nitrogens with zero attached hydrogens (tertiary/aromatic N) is 2. The highest BCUT2D eigenvalue weighted by atomic mass is 35.5. The van der Waals surface area contributed by atoms with Crippen molar-refractivity contribution in [1.29, 1.82) is 0 Å². The Morgan fingerprint density at radius 1 is 0.822 bits per heavy atom. The summed E-state index contributed by atoms with van der Waals surface area (Å²) in [7, 11) is -8.27. The molecule has 0 atom stereocenters. The van der Waals surface area contributed by atoms with Gasteiger partial charge in [0.2, 0.25) is 10.0 Å². The van der Waals surface area contributed by atoms with Crippen LogP contribution in [0.25, 0.3) is 16.5 Å². The Labute approximate surface area is 279 Å². The molecule has 5 rings (SSSR count). The number of hydrogen-bond donors (Lipinski definition) is 3. The molecule has 0 aliphatic heterocycles. The van der Waals surface area contributed by atoms with Crippen molar-refractivity contribution in [3.05, 3.63) is 103 Å². The smallest absolute Gasteiger partial charge is 0.297 e. The van der Waals surface area contributed by atoms with E-state index in [0.717, 1.165) is 4.68 Å². The maximum atomic E-state index is 13.9. The maximum absolute atomic E-state index is 13.9. The number of hydrogen-bond acceptors (Lipinski definition) is 6. The summed E-state index contributed by atoms with van der Waals surface area (Å²) in [6.07, 6.45) is 0. The molecule has 0 saturated carbocycles. The minimum absolute atomic E-state index is 0.00351. The Bertz CT molecular complexity index is 2190. The molecule has 0 bridgehead atoms. The fourth-order valence-corrected chi connectivity index (χ4v) is 8.69. The van der Waals surface area contributed by atoms with Gasteiger partial charge in [0.15, 0.2) is 11.5 Å². The zero-order valence-electron chi connectivity index (χ0n) is 23.6. The molecule has 0 aliphatic rings. The molecule has 5 aromatic rings. The molecular formula is C29H25Cl4N5O5S2. The van der Waals surface area contributed by atoms with E-state index in [9.17, 15) is 21.6 Å². The molecule has 0 amide bonds. The van der Waals surface area contributed by atoms with E-state index in [0.29, 0.717) is 10.8 Å². The molecule has 0 aliphatic carbocycles. The van der Waals surface area contributed by atoms with E-state index in [2.05, 4.69) is 15.1 Å².